The topological polar surface area (TPSA) is 82.1 Å². The maximum Gasteiger partial charge on any atom is 0.333 e. The number of carbonyl (C=O) groups excluding carboxylic acids is 1. The van der Waals surface area contributed by atoms with Crippen molar-refractivity contribution in [2.75, 3.05) is 13.2 Å². The van der Waals surface area contributed by atoms with E-state index in [1.165, 1.54) is 5.56 Å². The maximum atomic E-state index is 11.1. The molecule has 0 heterocycles. The Kier molecular flexibility index (Phi) is 8.26. The summed E-state index contributed by atoms with van der Waals surface area (Å²) < 4.78 is 16.4. The smallest absolute Gasteiger partial charge is 0.333 e. The second-order valence-corrected chi connectivity index (χ2v) is 7.03. The SMILES string of the molecule is C=CC(=O)OC(C)COc1ccc(C2CCC(OCC(=C)C(=O)O)CC2)cc1. The summed E-state index contributed by atoms with van der Waals surface area (Å²) in [7, 11) is 0. The van der Waals surface area contributed by atoms with E-state index in [2.05, 4.69) is 25.3 Å². The van der Waals surface area contributed by atoms with Gasteiger partial charge in [-0.25, -0.2) is 9.59 Å². The number of benzene rings is 1. The molecule has 0 spiro atoms. The summed E-state index contributed by atoms with van der Waals surface area (Å²) in [5.41, 5.74) is 1.35. The van der Waals surface area contributed by atoms with Crippen LogP contribution >= 0.6 is 0 Å². The van der Waals surface area contributed by atoms with Gasteiger partial charge in [-0.15, -0.1) is 0 Å². The first-order valence-electron chi connectivity index (χ1n) is 9.47. The van der Waals surface area contributed by atoms with Gasteiger partial charge in [0.1, 0.15) is 18.5 Å². The van der Waals surface area contributed by atoms with E-state index in [4.69, 9.17) is 19.3 Å². The largest absolute Gasteiger partial charge is 0.490 e. The summed E-state index contributed by atoms with van der Waals surface area (Å²) in [6.45, 7) is 8.98. The molecule has 0 radical (unpaired) electrons. The van der Waals surface area contributed by atoms with Crippen LogP contribution in [0.1, 0.15) is 44.1 Å². The summed E-state index contributed by atoms with van der Waals surface area (Å²) in [5, 5.41) is 8.83. The van der Waals surface area contributed by atoms with Gasteiger partial charge in [0.2, 0.25) is 0 Å². The molecular formula is C22H28O6. The number of carbonyl (C=O) groups is 2. The molecule has 6 nitrogen and oxygen atoms in total. The number of carboxylic acids is 1. The van der Waals surface area contributed by atoms with Crippen LogP contribution < -0.4 is 4.74 Å². The van der Waals surface area contributed by atoms with Crippen molar-refractivity contribution in [2.45, 2.75) is 50.7 Å². The van der Waals surface area contributed by atoms with E-state index < -0.39 is 11.9 Å². The van der Waals surface area contributed by atoms with Crippen molar-refractivity contribution in [3.8, 4) is 5.75 Å². The molecule has 1 N–H and O–H groups in total. The number of rotatable bonds is 10. The molecule has 1 unspecified atom stereocenters. The minimum Gasteiger partial charge on any atom is -0.490 e. The standard InChI is InChI=1S/C22H28O6/c1-4-21(23)28-16(3)14-27-20-11-7-18(8-12-20)17-5-9-19(10-6-17)26-13-15(2)22(24)25/h4,7-8,11-12,16-17,19H,1-2,5-6,9-10,13-14H2,3H3,(H,24,25). The molecule has 28 heavy (non-hydrogen) atoms. The Morgan fingerprint density at radius 3 is 2.43 bits per heavy atom. The second kappa shape index (κ2) is 10.7. The van der Waals surface area contributed by atoms with Crippen molar-refractivity contribution in [1.82, 2.24) is 0 Å². The molecule has 1 fully saturated rings. The lowest BCUT2D eigenvalue weighted by Crippen LogP contribution is -2.22. The minimum absolute atomic E-state index is 0.0806. The highest BCUT2D eigenvalue weighted by Gasteiger charge is 2.23. The summed E-state index contributed by atoms with van der Waals surface area (Å²) in [6, 6.07) is 7.98. The van der Waals surface area contributed by atoms with Crippen molar-refractivity contribution in [2.24, 2.45) is 0 Å². The Hall–Kier alpha value is -2.60. The number of ether oxygens (including phenoxy) is 3. The molecule has 0 bridgehead atoms. The van der Waals surface area contributed by atoms with E-state index in [1.54, 1.807) is 6.92 Å². The number of aliphatic carboxylic acids is 1. The van der Waals surface area contributed by atoms with Gasteiger partial charge < -0.3 is 19.3 Å². The van der Waals surface area contributed by atoms with Crippen LogP contribution in [0.5, 0.6) is 5.75 Å². The number of hydrogen-bond donors (Lipinski definition) is 1. The monoisotopic (exact) mass is 388 g/mol. The summed E-state index contributed by atoms with van der Waals surface area (Å²) in [6.07, 6.45) is 4.68. The van der Waals surface area contributed by atoms with Gasteiger partial charge in [-0.2, -0.15) is 0 Å². The van der Waals surface area contributed by atoms with Crippen molar-refractivity contribution in [1.29, 1.82) is 0 Å². The summed E-state index contributed by atoms with van der Waals surface area (Å²) in [5.74, 6) is -0.277. The number of carboxylic acid groups (broad SMARTS) is 1. The molecule has 1 aromatic rings. The Labute approximate surface area is 165 Å². The van der Waals surface area contributed by atoms with Crippen molar-refractivity contribution < 1.29 is 28.9 Å². The van der Waals surface area contributed by atoms with E-state index >= 15 is 0 Å². The molecule has 0 aromatic heterocycles. The number of hydrogen-bond acceptors (Lipinski definition) is 5. The molecule has 1 atom stereocenters. The molecule has 0 aliphatic heterocycles. The Morgan fingerprint density at radius 1 is 1.21 bits per heavy atom. The fourth-order valence-corrected chi connectivity index (χ4v) is 3.17. The average molecular weight is 388 g/mol. The molecule has 1 aliphatic carbocycles. The van der Waals surface area contributed by atoms with Crippen molar-refractivity contribution in [3.05, 3.63) is 54.6 Å². The highest BCUT2D eigenvalue weighted by molar-refractivity contribution is 5.86. The lowest BCUT2D eigenvalue weighted by atomic mass is 9.83. The number of esters is 1. The molecular weight excluding hydrogens is 360 g/mol. The zero-order valence-corrected chi connectivity index (χ0v) is 16.3. The molecule has 0 amide bonds. The molecule has 2 rings (SSSR count). The fourth-order valence-electron chi connectivity index (χ4n) is 3.17. The van der Waals surface area contributed by atoms with Crippen LogP contribution in [0, 0.1) is 0 Å². The molecule has 1 saturated carbocycles. The molecule has 1 aromatic carbocycles. The van der Waals surface area contributed by atoms with Crippen LogP contribution in [0.4, 0.5) is 0 Å². The molecule has 1 aliphatic rings. The normalized spacial score (nSPS) is 20.0. The predicted octanol–water partition coefficient (Wildman–Crippen LogP) is 3.87. The maximum absolute atomic E-state index is 11.1. The Balaban J connectivity index is 1.75. The van der Waals surface area contributed by atoms with Crippen LogP contribution in [0.15, 0.2) is 49.1 Å². The van der Waals surface area contributed by atoms with Gasteiger partial charge in [0.05, 0.1) is 18.3 Å². The first-order chi connectivity index (χ1) is 13.4. The third kappa shape index (κ3) is 6.85. The first kappa shape index (κ1) is 21.7. The van der Waals surface area contributed by atoms with Crippen molar-refractivity contribution >= 4 is 11.9 Å². The molecule has 152 valence electrons. The third-order valence-corrected chi connectivity index (χ3v) is 4.79. The van der Waals surface area contributed by atoms with Gasteiger partial charge in [-0.1, -0.05) is 25.3 Å². The Bertz CT molecular complexity index is 685. The lowest BCUT2D eigenvalue weighted by molar-refractivity contribution is -0.143. The Morgan fingerprint density at radius 2 is 1.86 bits per heavy atom. The highest BCUT2D eigenvalue weighted by Crippen LogP contribution is 2.34. The zero-order chi connectivity index (χ0) is 20.5. The fraction of sp³-hybridized carbons (Fsp3) is 0.455. The summed E-state index contributed by atoms with van der Waals surface area (Å²) in [4.78, 5) is 21.9. The lowest BCUT2D eigenvalue weighted by Gasteiger charge is -2.29. The van der Waals surface area contributed by atoms with Crippen LogP contribution in [-0.4, -0.2) is 42.5 Å². The van der Waals surface area contributed by atoms with Crippen molar-refractivity contribution in [3.63, 3.8) is 0 Å². The van der Waals surface area contributed by atoms with Gasteiger partial charge >= 0.3 is 11.9 Å². The minimum atomic E-state index is -1.01. The zero-order valence-electron chi connectivity index (χ0n) is 16.3. The first-order valence-corrected chi connectivity index (χ1v) is 9.47. The van der Waals surface area contributed by atoms with E-state index in [9.17, 15) is 9.59 Å². The average Bonchev–Trinajstić information content (AvgIpc) is 2.71. The molecule has 0 saturated heterocycles. The van der Waals surface area contributed by atoms with Gasteiger partial charge in [0.25, 0.3) is 0 Å². The third-order valence-electron chi connectivity index (χ3n) is 4.79. The van der Waals surface area contributed by atoms with E-state index in [0.717, 1.165) is 37.5 Å². The van der Waals surface area contributed by atoms with Gasteiger partial charge in [0.15, 0.2) is 0 Å². The van der Waals surface area contributed by atoms with Gasteiger partial charge in [-0.3, -0.25) is 0 Å². The van der Waals surface area contributed by atoms with E-state index in [-0.39, 0.29) is 31.0 Å². The van der Waals surface area contributed by atoms with Gasteiger partial charge in [0, 0.05) is 6.08 Å². The quantitative estimate of drug-likeness (QED) is 0.484. The van der Waals surface area contributed by atoms with E-state index in [0.29, 0.717) is 5.92 Å². The van der Waals surface area contributed by atoms with Gasteiger partial charge in [-0.05, 0) is 56.2 Å². The van der Waals surface area contributed by atoms with E-state index in [1.807, 2.05) is 12.1 Å². The van der Waals surface area contributed by atoms with Crippen LogP contribution in [0.25, 0.3) is 0 Å². The predicted molar refractivity (Wildman–Crippen MR) is 105 cm³/mol. The van der Waals surface area contributed by atoms with Crippen LogP contribution in [-0.2, 0) is 19.1 Å². The highest BCUT2D eigenvalue weighted by atomic mass is 16.6. The second-order valence-electron chi connectivity index (χ2n) is 7.03. The van der Waals surface area contributed by atoms with Crippen LogP contribution in [0.3, 0.4) is 0 Å². The molecule has 6 heteroatoms. The summed E-state index contributed by atoms with van der Waals surface area (Å²) >= 11 is 0. The van der Waals surface area contributed by atoms with Crippen LogP contribution in [0.2, 0.25) is 0 Å².